The lowest BCUT2D eigenvalue weighted by Crippen LogP contribution is -1.96. The molecule has 0 rings (SSSR count). The summed E-state index contributed by atoms with van der Waals surface area (Å²) in [6.45, 7) is 0. The van der Waals surface area contributed by atoms with Crippen molar-refractivity contribution in [3.63, 3.8) is 0 Å². The van der Waals surface area contributed by atoms with Gasteiger partial charge in [0.1, 0.15) is 0 Å². The molecule has 2 nitrogen and oxygen atoms in total. The minimum atomic E-state index is -2.37. The van der Waals surface area contributed by atoms with Gasteiger partial charge >= 0.3 is 5.97 Å². The summed E-state index contributed by atoms with van der Waals surface area (Å²) in [5.41, 5.74) is 0. The molecular formula is C5H8F2O2. The van der Waals surface area contributed by atoms with Crippen molar-refractivity contribution in [3.8, 4) is 0 Å². The van der Waals surface area contributed by atoms with E-state index in [1.54, 1.807) is 0 Å². The lowest BCUT2D eigenvalue weighted by atomic mass is 10.2. The van der Waals surface area contributed by atoms with E-state index in [0.29, 0.717) is 0 Å². The fraction of sp³-hybridized carbons (Fsp3) is 0.800. The monoisotopic (exact) mass is 138 g/mol. The Morgan fingerprint density at radius 3 is 2.44 bits per heavy atom. The van der Waals surface area contributed by atoms with E-state index in [1.807, 2.05) is 0 Å². The van der Waals surface area contributed by atoms with Crippen molar-refractivity contribution >= 4 is 5.97 Å². The highest BCUT2D eigenvalue weighted by atomic mass is 19.3. The number of rotatable bonds is 4. The SMILES string of the molecule is O=C(O)CCCC(F)F. The van der Waals surface area contributed by atoms with Crippen LogP contribution in [0.2, 0.25) is 0 Å². The van der Waals surface area contributed by atoms with E-state index in [9.17, 15) is 13.6 Å². The molecule has 0 aromatic heterocycles. The molecule has 9 heavy (non-hydrogen) atoms. The van der Waals surface area contributed by atoms with Gasteiger partial charge in [0.25, 0.3) is 0 Å². The van der Waals surface area contributed by atoms with Crippen LogP contribution in [-0.2, 0) is 4.79 Å². The van der Waals surface area contributed by atoms with Crippen LogP contribution in [-0.4, -0.2) is 17.5 Å². The second kappa shape index (κ2) is 4.23. The van der Waals surface area contributed by atoms with E-state index >= 15 is 0 Å². The third kappa shape index (κ3) is 7.33. The summed E-state index contributed by atoms with van der Waals surface area (Å²) in [4.78, 5) is 9.74. The van der Waals surface area contributed by atoms with Crippen LogP contribution in [0.5, 0.6) is 0 Å². The maximum atomic E-state index is 11.3. The highest BCUT2D eigenvalue weighted by Crippen LogP contribution is 2.04. The fourth-order valence-corrected chi connectivity index (χ4v) is 0.408. The average Bonchev–Trinajstić information content (AvgIpc) is 1.63. The van der Waals surface area contributed by atoms with Crippen LogP contribution >= 0.6 is 0 Å². The molecule has 0 aliphatic rings. The lowest BCUT2D eigenvalue weighted by Gasteiger charge is -1.93. The number of hydrogen-bond acceptors (Lipinski definition) is 1. The zero-order valence-electron chi connectivity index (χ0n) is 4.81. The summed E-state index contributed by atoms with van der Waals surface area (Å²) in [6, 6.07) is 0. The van der Waals surface area contributed by atoms with Crippen LogP contribution in [0.15, 0.2) is 0 Å². The molecule has 0 atom stereocenters. The standard InChI is InChI=1S/C5H8F2O2/c6-4(7)2-1-3-5(8)9/h4H,1-3H2,(H,8,9). The second-order valence-corrected chi connectivity index (χ2v) is 1.68. The third-order valence-corrected chi connectivity index (χ3v) is 0.813. The molecule has 0 spiro atoms. The van der Waals surface area contributed by atoms with Gasteiger partial charge in [-0.25, -0.2) is 8.78 Å². The Balaban J connectivity index is 3.01. The molecule has 0 aliphatic heterocycles. The molecule has 0 radical (unpaired) electrons. The third-order valence-electron chi connectivity index (χ3n) is 0.813. The summed E-state index contributed by atoms with van der Waals surface area (Å²) < 4.78 is 22.6. The summed E-state index contributed by atoms with van der Waals surface area (Å²) in [5, 5.41) is 7.98. The second-order valence-electron chi connectivity index (χ2n) is 1.68. The van der Waals surface area contributed by atoms with Gasteiger partial charge < -0.3 is 5.11 Å². The van der Waals surface area contributed by atoms with E-state index in [1.165, 1.54) is 0 Å². The van der Waals surface area contributed by atoms with Crippen molar-refractivity contribution in [1.29, 1.82) is 0 Å². The van der Waals surface area contributed by atoms with Gasteiger partial charge in [-0.05, 0) is 6.42 Å². The van der Waals surface area contributed by atoms with Gasteiger partial charge in [0.15, 0.2) is 0 Å². The number of carbonyl (C=O) groups is 1. The van der Waals surface area contributed by atoms with Crippen LogP contribution in [0.4, 0.5) is 8.78 Å². The first-order valence-electron chi connectivity index (χ1n) is 2.63. The van der Waals surface area contributed by atoms with Crippen molar-refractivity contribution < 1.29 is 18.7 Å². The van der Waals surface area contributed by atoms with Gasteiger partial charge in [-0.3, -0.25) is 4.79 Å². The largest absolute Gasteiger partial charge is 0.481 e. The Kier molecular flexibility index (Phi) is 3.92. The minimum absolute atomic E-state index is 0.0625. The van der Waals surface area contributed by atoms with Crippen LogP contribution in [0.1, 0.15) is 19.3 Å². The summed E-state index contributed by atoms with van der Waals surface area (Å²) in [6.07, 6.45) is -2.78. The molecule has 0 saturated heterocycles. The maximum Gasteiger partial charge on any atom is 0.303 e. The topological polar surface area (TPSA) is 37.3 Å². The van der Waals surface area contributed by atoms with Crippen molar-refractivity contribution in [2.75, 3.05) is 0 Å². The molecule has 0 heterocycles. The Morgan fingerprint density at radius 1 is 1.56 bits per heavy atom. The van der Waals surface area contributed by atoms with E-state index in [4.69, 9.17) is 5.11 Å². The highest BCUT2D eigenvalue weighted by molar-refractivity contribution is 5.66. The molecule has 0 amide bonds. The summed E-state index contributed by atoms with van der Waals surface area (Å²) in [5.74, 6) is -1.02. The van der Waals surface area contributed by atoms with Crippen molar-refractivity contribution in [1.82, 2.24) is 0 Å². The molecule has 0 aromatic carbocycles. The Morgan fingerprint density at radius 2 is 2.11 bits per heavy atom. The Labute approximate surface area is 51.5 Å². The highest BCUT2D eigenvalue weighted by Gasteiger charge is 2.03. The van der Waals surface area contributed by atoms with Crippen molar-refractivity contribution in [2.45, 2.75) is 25.7 Å². The van der Waals surface area contributed by atoms with E-state index < -0.39 is 12.4 Å². The van der Waals surface area contributed by atoms with Gasteiger partial charge in [0.05, 0.1) is 0 Å². The predicted molar refractivity (Wildman–Crippen MR) is 27.5 cm³/mol. The quantitative estimate of drug-likeness (QED) is 0.639. The minimum Gasteiger partial charge on any atom is -0.481 e. The van der Waals surface area contributed by atoms with Gasteiger partial charge in [0, 0.05) is 12.8 Å². The molecule has 0 fully saturated rings. The van der Waals surface area contributed by atoms with Crippen LogP contribution in [0.25, 0.3) is 0 Å². The molecule has 54 valence electrons. The first-order valence-corrected chi connectivity index (χ1v) is 2.63. The number of carboxylic acid groups (broad SMARTS) is 1. The van der Waals surface area contributed by atoms with Crippen molar-refractivity contribution in [3.05, 3.63) is 0 Å². The number of carboxylic acids is 1. The smallest absolute Gasteiger partial charge is 0.303 e. The van der Waals surface area contributed by atoms with Crippen LogP contribution in [0, 0.1) is 0 Å². The molecule has 0 aromatic rings. The van der Waals surface area contributed by atoms with E-state index in [2.05, 4.69) is 0 Å². The number of aliphatic carboxylic acids is 1. The molecule has 4 heteroatoms. The van der Waals surface area contributed by atoms with Gasteiger partial charge in [-0.15, -0.1) is 0 Å². The number of halogens is 2. The molecule has 0 saturated carbocycles. The van der Waals surface area contributed by atoms with Crippen LogP contribution < -0.4 is 0 Å². The van der Waals surface area contributed by atoms with Gasteiger partial charge in [-0.1, -0.05) is 0 Å². The lowest BCUT2D eigenvalue weighted by molar-refractivity contribution is -0.137. The zero-order chi connectivity index (χ0) is 7.28. The Bertz CT molecular complexity index is 93.0. The fourth-order valence-electron chi connectivity index (χ4n) is 0.408. The molecular weight excluding hydrogens is 130 g/mol. The van der Waals surface area contributed by atoms with Crippen molar-refractivity contribution in [2.24, 2.45) is 0 Å². The summed E-state index contributed by atoms with van der Waals surface area (Å²) >= 11 is 0. The Hall–Kier alpha value is -0.670. The predicted octanol–water partition coefficient (Wildman–Crippen LogP) is 1.51. The van der Waals surface area contributed by atoms with E-state index in [0.717, 1.165) is 0 Å². The van der Waals surface area contributed by atoms with E-state index in [-0.39, 0.29) is 19.3 Å². The molecule has 0 bridgehead atoms. The molecule has 0 aliphatic carbocycles. The number of hydrogen-bond donors (Lipinski definition) is 1. The first-order chi connectivity index (χ1) is 4.13. The zero-order valence-corrected chi connectivity index (χ0v) is 4.81. The number of alkyl halides is 2. The average molecular weight is 138 g/mol. The van der Waals surface area contributed by atoms with Gasteiger partial charge in [-0.2, -0.15) is 0 Å². The summed E-state index contributed by atoms with van der Waals surface area (Å²) in [7, 11) is 0. The van der Waals surface area contributed by atoms with Gasteiger partial charge in [0.2, 0.25) is 6.43 Å². The molecule has 1 N–H and O–H groups in total. The maximum absolute atomic E-state index is 11.3. The first kappa shape index (κ1) is 8.33. The molecule has 0 unspecified atom stereocenters. The van der Waals surface area contributed by atoms with Crippen LogP contribution in [0.3, 0.4) is 0 Å². The normalized spacial score (nSPS) is 10.1.